The van der Waals surface area contributed by atoms with Gasteiger partial charge in [-0.25, -0.2) is 0 Å². The SMILES string of the molecule is CC[C@H](OC)C(=O)N1CCC2(CCC(=O)N(Cc3cnc(C)cn3)C2)CC1. The molecule has 1 aromatic rings. The average Bonchev–Trinajstić information content (AvgIpc) is 2.68. The summed E-state index contributed by atoms with van der Waals surface area (Å²) in [6, 6.07) is 0. The lowest BCUT2D eigenvalue weighted by Crippen LogP contribution is -2.53. The Bertz CT molecular complexity index is 664. The van der Waals surface area contributed by atoms with Gasteiger partial charge in [-0.3, -0.25) is 19.6 Å². The van der Waals surface area contributed by atoms with Crippen LogP contribution in [-0.4, -0.2) is 64.4 Å². The van der Waals surface area contributed by atoms with E-state index in [1.165, 1.54) is 0 Å². The molecule has 27 heavy (non-hydrogen) atoms. The average molecular weight is 374 g/mol. The highest BCUT2D eigenvalue weighted by atomic mass is 16.5. The molecular weight excluding hydrogens is 344 g/mol. The predicted octanol–water partition coefficient (Wildman–Crippen LogP) is 1.94. The largest absolute Gasteiger partial charge is 0.372 e. The van der Waals surface area contributed by atoms with E-state index < -0.39 is 0 Å². The van der Waals surface area contributed by atoms with E-state index >= 15 is 0 Å². The number of aryl methyl sites for hydroxylation is 1. The molecule has 0 bridgehead atoms. The standard InChI is InChI=1S/C20H30N4O3/c1-4-17(27-3)19(26)23-9-7-20(8-10-23)6-5-18(25)24(14-20)13-16-12-21-15(2)11-22-16/h11-12,17H,4-10,13-14H2,1-3H3/t17-/m0/s1. The molecule has 7 heteroatoms. The van der Waals surface area contributed by atoms with Gasteiger partial charge in [-0.1, -0.05) is 6.92 Å². The van der Waals surface area contributed by atoms with Gasteiger partial charge >= 0.3 is 0 Å². The lowest BCUT2D eigenvalue weighted by Gasteiger charge is -2.47. The Kier molecular flexibility index (Phi) is 6.09. The maximum absolute atomic E-state index is 12.5. The van der Waals surface area contributed by atoms with Crippen LogP contribution in [-0.2, 0) is 20.9 Å². The maximum Gasteiger partial charge on any atom is 0.251 e. The van der Waals surface area contributed by atoms with Gasteiger partial charge in [0.15, 0.2) is 0 Å². The number of carbonyl (C=O) groups excluding carboxylic acids is 2. The smallest absolute Gasteiger partial charge is 0.251 e. The van der Waals surface area contributed by atoms with Gasteiger partial charge in [0.25, 0.3) is 5.91 Å². The van der Waals surface area contributed by atoms with Crippen molar-refractivity contribution in [2.75, 3.05) is 26.7 Å². The Morgan fingerprint density at radius 3 is 2.59 bits per heavy atom. The number of nitrogens with zero attached hydrogens (tertiary/aromatic N) is 4. The second-order valence-corrected chi connectivity index (χ2v) is 7.86. The van der Waals surface area contributed by atoms with Crippen LogP contribution in [0.5, 0.6) is 0 Å². The summed E-state index contributed by atoms with van der Waals surface area (Å²) in [6.45, 7) is 6.61. The molecule has 2 aliphatic heterocycles. The van der Waals surface area contributed by atoms with Crippen molar-refractivity contribution in [3.05, 3.63) is 23.8 Å². The number of amides is 2. The van der Waals surface area contributed by atoms with Gasteiger partial charge in [0.05, 0.1) is 24.1 Å². The first-order valence-corrected chi connectivity index (χ1v) is 9.83. The zero-order chi connectivity index (χ0) is 19.4. The lowest BCUT2D eigenvalue weighted by molar-refractivity contribution is -0.148. The van der Waals surface area contributed by atoms with E-state index in [1.807, 2.05) is 23.6 Å². The van der Waals surface area contributed by atoms with E-state index in [-0.39, 0.29) is 23.3 Å². The molecule has 2 aliphatic rings. The minimum absolute atomic E-state index is 0.0912. The van der Waals surface area contributed by atoms with Crippen molar-refractivity contribution in [1.82, 2.24) is 19.8 Å². The molecule has 1 atom stereocenters. The van der Waals surface area contributed by atoms with Crippen molar-refractivity contribution in [2.45, 2.75) is 58.6 Å². The van der Waals surface area contributed by atoms with E-state index in [0.29, 0.717) is 19.4 Å². The van der Waals surface area contributed by atoms with Crippen LogP contribution in [0.1, 0.15) is 50.4 Å². The number of aromatic nitrogens is 2. The van der Waals surface area contributed by atoms with E-state index in [0.717, 1.165) is 50.3 Å². The van der Waals surface area contributed by atoms with Crippen LogP contribution >= 0.6 is 0 Å². The summed E-state index contributed by atoms with van der Waals surface area (Å²) < 4.78 is 5.30. The predicted molar refractivity (Wildman–Crippen MR) is 101 cm³/mol. The fourth-order valence-electron chi connectivity index (χ4n) is 4.20. The molecule has 3 rings (SSSR count). The number of methoxy groups -OCH3 is 1. The van der Waals surface area contributed by atoms with E-state index in [1.54, 1.807) is 19.5 Å². The van der Waals surface area contributed by atoms with Gasteiger partial charge in [-0.05, 0) is 38.0 Å². The van der Waals surface area contributed by atoms with Gasteiger partial charge in [-0.2, -0.15) is 0 Å². The maximum atomic E-state index is 12.5. The number of piperidine rings is 2. The molecule has 0 radical (unpaired) electrons. The first-order valence-electron chi connectivity index (χ1n) is 9.83. The summed E-state index contributed by atoms with van der Waals surface area (Å²) in [5.41, 5.74) is 1.81. The molecule has 1 aromatic heterocycles. The van der Waals surface area contributed by atoms with Gasteiger partial charge in [0, 0.05) is 39.4 Å². The number of likely N-dealkylation sites (tertiary alicyclic amines) is 2. The van der Waals surface area contributed by atoms with Gasteiger partial charge < -0.3 is 14.5 Å². The molecule has 2 fully saturated rings. The molecule has 7 nitrogen and oxygen atoms in total. The van der Waals surface area contributed by atoms with Crippen molar-refractivity contribution in [1.29, 1.82) is 0 Å². The zero-order valence-electron chi connectivity index (χ0n) is 16.6. The van der Waals surface area contributed by atoms with Crippen LogP contribution in [0.3, 0.4) is 0 Å². The Balaban J connectivity index is 1.61. The molecule has 0 aromatic carbocycles. The van der Waals surface area contributed by atoms with Crippen molar-refractivity contribution in [3.8, 4) is 0 Å². The minimum Gasteiger partial charge on any atom is -0.372 e. The highest BCUT2D eigenvalue weighted by molar-refractivity contribution is 5.81. The molecular formula is C20H30N4O3. The van der Waals surface area contributed by atoms with Crippen molar-refractivity contribution >= 4 is 11.8 Å². The Morgan fingerprint density at radius 2 is 2.00 bits per heavy atom. The molecule has 2 amide bonds. The van der Waals surface area contributed by atoms with Crippen LogP contribution in [0, 0.1) is 12.3 Å². The summed E-state index contributed by atoms with van der Waals surface area (Å²) in [5.74, 6) is 0.278. The van der Waals surface area contributed by atoms with Crippen molar-refractivity contribution in [2.24, 2.45) is 5.41 Å². The van der Waals surface area contributed by atoms with E-state index in [9.17, 15) is 9.59 Å². The van der Waals surface area contributed by atoms with Crippen molar-refractivity contribution < 1.29 is 14.3 Å². The molecule has 148 valence electrons. The van der Waals surface area contributed by atoms with Gasteiger partial charge in [0.2, 0.25) is 5.91 Å². The molecule has 0 aliphatic carbocycles. The van der Waals surface area contributed by atoms with Crippen LogP contribution < -0.4 is 0 Å². The first kappa shape index (κ1) is 19.7. The Morgan fingerprint density at radius 1 is 1.26 bits per heavy atom. The molecule has 0 unspecified atom stereocenters. The van der Waals surface area contributed by atoms with Gasteiger partial charge in [-0.15, -0.1) is 0 Å². The monoisotopic (exact) mass is 374 g/mol. The molecule has 2 saturated heterocycles. The fourth-order valence-corrected chi connectivity index (χ4v) is 4.20. The Labute approximate surface area is 161 Å². The number of rotatable bonds is 5. The fraction of sp³-hybridized carbons (Fsp3) is 0.700. The molecule has 0 saturated carbocycles. The van der Waals surface area contributed by atoms with Crippen LogP contribution in [0.4, 0.5) is 0 Å². The third-order valence-electron chi connectivity index (χ3n) is 6.00. The normalized spacial score (nSPS) is 20.8. The molecule has 0 N–H and O–H groups in total. The van der Waals surface area contributed by atoms with Crippen LogP contribution in [0.25, 0.3) is 0 Å². The third-order valence-corrected chi connectivity index (χ3v) is 6.00. The zero-order valence-corrected chi connectivity index (χ0v) is 16.6. The lowest BCUT2D eigenvalue weighted by atomic mass is 9.72. The summed E-state index contributed by atoms with van der Waals surface area (Å²) >= 11 is 0. The summed E-state index contributed by atoms with van der Waals surface area (Å²) in [6.07, 6.45) is 7.18. The second-order valence-electron chi connectivity index (χ2n) is 7.86. The van der Waals surface area contributed by atoms with Crippen LogP contribution in [0.15, 0.2) is 12.4 Å². The first-order chi connectivity index (χ1) is 13.0. The number of carbonyl (C=O) groups is 2. The van der Waals surface area contributed by atoms with Gasteiger partial charge in [0.1, 0.15) is 6.10 Å². The quantitative estimate of drug-likeness (QED) is 0.787. The highest BCUT2D eigenvalue weighted by Gasteiger charge is 2.42. The summed E-state index contributed by atoms with van der Waals surface area (Å²) in [5, 5.41) is 0. The second kappa shape index (κ2) is 8.33. The number of hydrogen-bond acceptors (Lipinski definition) is 5. The number of hydrogen-bond donors (Lipinski definition) is 0. The minimum atomic E-state index is -0.344. The number of ether oxygens (including phenoxy) is 1. The van der Waals surface area contributed by atoms with Crippen LogP contribution in [0.2, 0.25) is 0 Å². The summed E-state index contributed by atoms with van der Waals surface area (Å²) in [7, 11) is 1.59. The van der Waals surface area contributed by atoms with E-state index in [4.69, 9.17) is 4.74 Å². The van der Waals surface area contributed by atoms with E-state index in [2.05, 4.69) is 9.97 Å². The summed E-state index contributed by atoms with van der Waals surface area (Å²) in [4.78, 5) is 37.5. The van der Waals surface area contributed by atoms with Crippen molar-refractivity contribution in [3.63, 3.8) is 0 Å². The Hall–Kier alpha value is -2.02. The molecule has 1 spiro atoms. The third kappa shape index (κ3) is 4.46. The topological polar surface area (TPSA) is 75.6 Å². The highest BCUT2D eigenvalue weighted by Crippen LogP contribution is 2.40. The molecule has 3 heterocycles.